The molecule has 0 spiro atoms. The predicted molar refractivity (Wildman–Crippen MR) is 191 cm³/mol. The molecule has 0 saturated heterocycles. The predicted octanol–water partition coefficient (Wildman–Crippen LogP) is 9.61. The van der Waals surface area contributed by atoms with Crippen molar-refractivity contribution in [3.05, 3.63) is 158 Å². The van der Waals surface area contributed by atoms with E-state index in [2.05, 4.69) is 171 Å². The van der Waals surface area contributed by atoms with E-state index in [0.717, 1.165) is 28.2 Å². The summed E-state index contributed by atoms with van der Waals surface area (Å²) in [7, 11) is -2.00. The largest absolute Gasteiger partial charge is 0.237 e. The summed E-state index contributed by atoms with van der Waals surface area (Å²) in [6.07, 6.45) is 0. The second-order valence-corrected chi connectivity index (χ2v) is 16.5. The molecule has 1 aliphatic heterocycles. The Hall–Kier alpha value is -5.38. The summed E-state index contributed by atoms with van der Waals surface area (Å²) in [6.45, 7) is 4.83. The maximum atomic E-state index is 5.35. The standard InChI is InChI=1S/C42H32N2Si/c1-45(2)38-22-10-9-21-37(38)39-40(32-15-7-4-8-16-32)43-41(44-42(39)45)36-20-12-19-35(28-36)31-25-23-30(24-26-31)34-18-11-17-33(27-34)29-13-5-3-6-14-29/h3-28H,1-2H3. The van der Waals surface area contributed by atoms with Crippen molar-refractivity contribution in [1.29, 1.82) is 0 Å². The number of benzene rings is 6. The van der Waals surface area contributed by atoms with Gasteiger partial charge in [-0.2, -0.15) is 0 Å². The third-order valence-corrected chi connectivity index (χ3v) is 12.4. The zero-order chi connectivity index (χ0) is 30.4. The van der Waals surface area contributed by atoms with Crippen molar-refractivity contribution >= 4 is 18.6 Å². The Bertz CT molecular complexity index is 2170. The molecule has 0 radical (unpaired) electrons. The normalized spacial score (nSPS) is 12.8. The van der Waals surface area contributed by atoms with E-state index in [0.29, 0.717) is 0 Å². The monoisotopic (exact) mass is 592 g/mol. The number of nitrogens with zero attached hydrogens (tertiary/aromatic N) is 2. The fraction of sp³-hybridized carbons (Fsp3) is 0.0476. The average Bonchev–Trinajstić information content (AvgIpc) is 3.35. The first kappa shape index (κ1) is 27.2. The van der Waals surface area contributed by atoms with Gasteiger partial charge in [-0.3, -0.25) is 0 Å². The van der Waals surface area contributed by atoms with E-state index >= 15 is 0 Å². The van der Waals surface area contributed by atoms with Gasteiger partial charge in [0, 0.05) is 22.0 Å². The summed E-state index contributed by atoms with van der Waals surface area (Å²) >= 11 is 0. The minimum absolute atomic E-state index is 0.789. The fourth-order valence-corrected chi connectivity index (χ4v) is 9.59. The lowest BCUT2D eigenvalue weighted by atomic mass is 9.96. The molecule has 0 atom stereocenters. The fourth-order valence-electron chi connectivity index (χ4n) is 6.68. The number of aromatic nitrogens is 2. The van der Waals surface area contributed by atoms with Crippen LogP contribution in [0.15, 0.2) is 158 Å². The molecule has 0 unspecified atom stereocenters. The molecule has 6 aromatic carbocycles. The molecule has 0 N–H and O–H groups in total. The van der Waals surface area contributed by atoms with Crippen molar-refractivity contribution in [3.8, 4) is 67.2 Å². The average molecular weight is 593 g/mol. The number of hydrogen-bond acceptors (Lipinski definition) is 2. The first-order chi connectivity index (χ1) is 22.1. The first-order valence-electron chi connectivity index (χ1n) is 15.5. The molecule has 0 saturated carbocycles. The summed E-state index contributed by atoms with van der Waals surface area (Å²) in [6, 6.07) is 56.2. The van der Waals surface area contributed by atoms with Crippen LogP contribution in [0.25, 0.3) is 67.2 Å². The van der Waals surface area contributed by atoms with Gasteiger partial charge in [-0.1, -0.05) is 159 Å². The third kappa shape index (κ3) is 4.82. The SMILES string of the molecule is C[Si]1(C)c2ccccc2-c2c(-c3ccccc3)nc(-c3cccc(-c4ccc(-c5cccc(-c6ccccc6)c5)cc4)c3)nc21. The van der Waals surface area contributed by atoms with Crippen LogP contribution in [-0.4, -0.2) is 18.0 Å². The zero-order valence-electron chi connectivity index (χ0n) is 25.4. The molecule has 7 aromatic rings. The second-order valence-electron chi connectivity index (χ2n) is 12.3. The highest BCUT2D eigenvalue weighted by atomic mass is 28.3. The van der Waals surface area contributed by atoms with Crippen LogP contribution >= 0.6 is 0 Å². The molecule has 2 heterocycles. The minimum Gasteiger partial charge on any atom is -0.237 e. The Labute approximate surface area is 265 Å². The topological polar surface area (TPSA) is 25.8 Å². The van der Waals surface area contributed by atoms with Crippen LogP contribution in [0.3, 0.4) is 0 Å². The maximum Gasteiger partial charge on any atom is 0.159 e. The van der Waals surface area contributed by atoms with E-state index in [9.17, 15) is 0 Å². The van der Waals surface area contributed by atoms with Gasteiger partial charge in [-0.15, -0.1) is 0 Å². The Morgan fingerprint density at radius 1 is 0.400 bits per heavy atom. The van der Waals surface area contributed by atoms with Gasteiger partial charge in [0.25, 0.3) is 0 Å². The zero-order valence-corrected chi connectivity index (χ0v) is 26.4. The molecule has 45 heavy (non-hydrogen) atoms. The van der Waals surface area contributed by atoms with Gasteiger partial charge in [-0.05, 0) is 56.3 Å². The molecule has 3 heteroatoms. The number of fused-ring (bicyclic) bond motifs is 3. The van der Waals surface area contributed by atoms with Crippen LogP contribution in [0.4, 0.5) is 0 Å². The van der Waals surface area contributed by atoms with E-state index in [1.54, 1.807) is 0 Å². The highest BCUT2D eigenvalue weighted by Crippen LogP contribution is 2.37. The van der Waals surface area contributed by atoms with Gasteiger partial charge in [0.05, 0.1) is 5.69 Å². The van der Waals surface area contributed by atoms with Crippen molar-refractivity contribution in [2.24, 2.45) is 0 Å². The van der Waals surface area contributed by atoms with Gasteiger partial charge in [0.15, 0.2) is 5.82 Å². The Balaban J connectivity index is 1.18. The highest BCUT2D eigenvalue weighted by molar-refractivity contribution is 7.03. The molecular weight excluding hydrogens is 561 g/mol. The summed E-state index contributed by atoms with van der Waals surface area (Å²) in [5.41, 5.74) is 12.9. The van der Waals surface area contributed by atoms with Crippen molar-refractivity contribution in [3.63, 3.8) is 0 Å². The van der Waals surface area contributed by atoms with Crippen molar-refractivity contribution < 1.29 is 0 Å². The van der Waals surface area contributed by atoms with E-state index in [1.807, 2.05) is 0 Å². The summed E-state index contributed by atoms with van der Waals surface area (Å²) < 4.78 is 0. The molecule has 0 fully saturated rings. The van der Waals surface area contributed by atoms with E-state index in [1.165, 1.54) is 49.4 Å². The van der Waals surface area contributed by atoms with Crippen LogP contribution in [0.1, 0.15) is 0 Å². The van der Waals surface area contributed by atoms with Crippen LogP contribution in [0, 0.1) is 0 Å². The Kier molecular flexibility index (Phi) is 6.62. The summed E-state index contributed by atoms with van der Waals surface area (Å²) in [5.74, 6) is 0.789. The van der Waals surface area contributed by atoms with Crippen molar-refractivity contribution in [2.45, 2.75) is 13.1 Å². The van der Waals surface area contributed by atoms with Gasteiger partial charge >= 0.3 is 0 Å². The van der Waals surface area contributed by atoms with Crippen LogP contribution in [0.5, 0.6) is 0 Å². The highest BCUT2D eigenvalue weighted by Gasteiger charge is 2.41. The molecule has 0 aliphatic carbocycles. The van der Waals surface area contributed by atoms with E-state index < -0.39 is 8.07 Å². The third-order valence-electron chi connectivity index (χ3n) is 9.06. The molecular formula is C42H32N2Si. The lowest BCUT2D eigenvalue weighted by Gasteiger charge is -2.19. The molecule has 1 aromatic heterocycles. The molecule has 214 valence electrons. The van der Waals surface area contributed by atoms with E-state index in [4.69, 9.17) is 9.97 Å². The molecule has 2 nitrogen and oxygen atoms in total. The lowest BCUT2D eigenvalue weighted by molar-refractivity contribution is 1.21. The quantitative estimate of drug-likeness (QED) is 0.186. The van der Waals surface area contributed by atoms with Crippen LogP contribution in [-0.2, 0) is 0 Å². The minimum atomic E-state index is -2.00. The van der Waals surface area contributed by atoms with Gasteiger partial charge in [0.2, 0.25) is 0 Å². The molecule has 8 rings (SSSR count). The number of hydrogen-bond donors (Lipinski definition) is 0. The van der Waals surface area contributed by atoms with Gasteiger partial charge < -0.3 is 0 Å². The molecule has 0 amide bonds. The van der Waals surface area contributed by atoms with Gasteiger partial charge in [0.1, 0.15) is 8.07 Å². The molecule has 1 aliphatic rings. The van der Waals surface area contributed by atoms with Gasteiger partial charge in [-0.25, -0.2) is 9.97 Å². The van der Waals surface area contributed by atoms with Crippen LogP contribution in [0.2, 0.25) is 13.1 Å². The summed E-state index contributed by atoms with van der Waals surface area (Å²) in [4.78, 5) is 10.6. The summed E-state index contributed by atoms with van der Waals surface area (Å²) in [5, 5.41) is 2.66. The molecule has 0 bridgehead atoms. The second kappa shape index (κ2) is 11.0. The lowest BCUT2D eigenvalue weighted by Crippen LogP contribution is -2.50. The Morgan fingerprint density at radius 2 is 0.867 bits per heavy atom. The smallest absolute Gasteiger partial charge is 0.159 e. The maximum absolute atomic E-state index is 5.35. The number of rotatable bonds is 5. The van der Waals surface area contributed by atoms with E-state index in [-0.39, 0.29) is 0 Å². The first-order valence-corrected chi connectivity index (χ1v) is 18.5. The van der Waals surface area contributed by atoms with Crippen molar-refractivity contribution in [1.82, 2.24) is 9.97 Å². The Morgan fingerprint density at radius 3 is 1.49 bits per heavy atom. The van der Waals surface area contributed by atoms with Crippen LogP contribution < -0.4 is 10.5 Å². The van der Waals surface area contributed by atoms with Crippen molar-refractivity contribution in [2.75, 3.05) is 0 Å².